The summed E-state index contributed by atoms with van der Waals surface area (Å²) in [5.74, 6) is 3.10. The van der Waals surface area contributed by atoms with Crippen molar-refractivity contribution in [3.05, 3.63) is 47.5 Å². The van der Waals surface area contributed by atoms with Crippen molar-refractivity contribution in [2.24, 2.45) is 17.8 Å². The average molecular weight is 321 g/mol. The number of hydrogen-bond acceptors (Lipinski definition) is 2. The SMILES string of the molecule is O=C1CC2(CCN(C[C@H]3CC4CCC=C[C@@H]43)CC2)c2ccccc21. The van der Waals surface area contributed by atoms with E-state index in [4.69, 9.17) is 0 Å². The van der Waals surface area contributed by atoms with Crippen LogP contribution >= 0.6 is 0 Å². The van der Waals surface area contributed by atoms with Crippen LogP contribution in [0.15, 0.2) is 36.4 Å². The molecule has 1 saturated heterocycles. The van der Waals surface area contributed by atoms with Crippen LogP contribution < -0.4 is 0 Å². The zero-order valence-electron chi connectivity index (χ0n) is 14.4. The highest BCUT2D eigenvalue weighted by Crippen LogP contribution is 2.49. The van der Waals surface area contributed by atoms with Crippen molar-refractivity contribution in [3.8, 4) is 0 Å². The van der Waals surface area contributed by atoms with Gasteiger partial charge in [-0.1, -0.05) is 36.4 Å². The van der Waals surface area contributed by atoms with Crippen LogP contribution in [-0.2, 0) is 5.41 Å². The molecule has 4 aliphatic rings. The molecule has 1 aliphatic heterocycles. The number of nitrogens with zero attached hydrogens (tertiary/aromatic N) is 1. The van der Waals surface area contributed by atoms with Crippen LogP contribution in [0, 0.1) is 17.8 Å². The van der Waals surface area contributed by atoms with Crippen LogP contribution in [-0.4, -0.2) is 30.3 Å². The van der Waals surface area contributed by atoms with E-state index in [1.54, 1.807) is 0 Å². The fourth-order valence-electron chi connectivity index (χ4n) is 5.90. The van der Waals surface area contributed by atoms with Crippen molar-refractivity contribution in [2.75, 3.05) is 19.6 Å². The standard InChI is InChI=1S/C22H27NO/c24-21-14-22(20-8-4-3-7-19(20)21)9-11-23(12-10-22)15-17-13-16-5-1-2-6-18(16)17/h2-4,6-8,16-18H,1,5,9-15H2/t16?,17-,18+/m1/s1. The maximum Gasteiger partial charge on any atom is 0.164 e. The van der Waals surface area contributed by atoms with Gasteiger partial charge in [-0.15, -0.1) is 0 Å². The van der Waals surface area contributed by atoms with Gasteiger partial charge in [0.05, 0.1) is 0 Å². The van der Waals surface area contributed by atoms with Crippen LogP contribution in [0.5, 0.6) is 0 Å². The van der Waals surface area contributed by atoms with Gasteiger partial charge in [0.25, 0.3) is 0 Å². The van der Waals surface area contributed by atoms with Gasteiger partial charge >= 0.3 is 0 Å². The molecule has 0 amide bonds. The zero-order chi connectivity index (χ0) is 16.1. The Kier molecular flexibility index (Phi) is 3.45. The molecule has 1 heterocycles. The van der Waals surface area contributed by atoms with Gasteiger partial charge in [0.1, 0.15) is 0 Å². The molecule has 3 aliphatic carbocycles. The third kappa shape index (κ3) is 2.23. The third-order valence-electron chi connectivity index (χ3n) is 7.36. The number of carbonyl (C=O) groups is 1. The van der Waals surface area contributed by atoms with Crippen LogP contribution in [0.4, 0.5) is 0 Å². The Balaban J connectivity index is 1.25. The normalized spacial score (nSPS) is 34.0. The quantitative estimate of drug-likeness (QED) is 0.761. The van der Waals surface area contributed by atoms with Crippen molar-refractivity contribution < 1.29 is 4.79 Å². The molecule has 1 aromatic rings. The van der Waals surface area contributed by atoms with Gasteiger partial charge < -0.3 is 4.90 Å². The summed E-state index contributed by atoms with van der Waals surface area (Å²) in [6, 6.07) is 8.35. The highest BCUT2D eigenvalue weighted by molar-refractivity contribution is 6.02. The van der Waals surface area contributed by atoms with Crippen LogP contribution in [0.2, 0.25) is 0 Å². The van der Waals surface area contributed by atoms with E-state index in [2.05, 4.69) is 29.2 Å². The lowest BCUT2D eigenvalue weighted by Gasteiger charge is -2.49. The Morgan fingerprint density at radius 1 is 1.17 bits per heavy atom. The van der Waals surface area contributed by atoms with E-state index in [1.165, 1.54) is 44.5 Å². The number of likely N-dealkylation sites (tertiary alicyclic amines) is 1. The Morgan fingerprint density at radius 3 is 2.83 bits per heavy atom. The molecular weight excluding hydrogens is 294 g/mol. The lowest BCUT2D eigenvalue weighted by Crippen LogP contribution is -2.48. The molecule has 2 nitrogen and oxygen atoms in total. The maximum absolute atomic E-state index is 12.4. The molecule has 3 atom stereocenters. The number of carbonyl (C=O) groups excluding carboxylic acids is 1. The Bertz CT molecular complexity index is 683. The molecule has 0 aromatic heterocycles. The number of fused-ring (bicyclic) bond motifs is 3. The first-order valence-corrected chi connectivity index (χ1v) is 9.77. The lowest BCUT2D eigenvalue weighted by atomic mass is 9.61. The molecule has 24 heavy (non-hydrogen) atoms. The van der Waals surface area contributed by atoms with Gasteiger partial charge in [0.2, 0.25) is 0 Å². The van der Waals surface area contributed by atoms with E-state index in [-0.39, 0.29) is 5.41 Å². The summed E-state index contributed by atoms with van der Waals surface area (Å²) in [4.78, 5) is 15.1. The second kappa shape index (κ2) is 5.56. The summed E-state index contributed by atoms with van der Waals surface area (Å²) < 4.78 is 0. The lowest BCUT2D eigenvalue weighted by molar-refractivity contribution is 0.0423. The highest BCUT2D eigenvalue weighted by Gasteiger charge is 2.46. The minimum absolute atomic E-state index is 0.150. The molecule has 0 bridgehead atoms. The monoisotopic (exact) mass is 321 g/mol. The molecule has 0 radical (unpaired) electrons. The molecule has 2 heteroatoms. The van der Waals surface area contributed by atoms with Crippen LogP contribution in [0.1, 0.15) is 54.4 Å². The van der Waals surface area contributed by atoms with Crippen molar-refractivity contribution >= 4 is 5.78 Å². The number of hydrogen-bond donors (Lipinski definition) is 0. The molecule has 1 spiro atoms. The highest BCUT2D eigenvalue weighted by atomic mass is 16.1. The minimum Gasteiger partial charge on any atom is -0.303 e. The van der Waals surface area contributed by atoms with E-state index < -0.39 is 0 Å². The predicted octanol–water partition coefficient (Wildman–Crippen LogP) is 4.21. The molecule has 2 fully saturated rings. The van der Waals surface area contributed by atoms with Crippen molar-refractivity contribution in [1.82, 2.24) is 4.90 Å². The number of Topliss-reactive ketones (excluding diaryl/α,β-unsaturated/α-hetero) is 1. The second-order valence-electron chi connectivity index (χ2n) is 8.57. The molecule has 1 saturated carbocycles. The van der Waals surface area contributed by atoms with Crippen molar-refractivity contribution in [1.29, 1.82) is 0 Å². The first-order valence-electron chi connectivity index (χ1n) is 9.77. The third-order valence-corrected chi connectivity index (χ3v) is 7.36. The van der Waals surface area contributed by atoms with Gasteiger partial charge in [-0.2, -0.15) is 0 Å². The van der Waals surface area contributed by atoms with E-state index in [9.17, 15) is 4.79 Å². The number of ketones is 1. The molecule has 126 valence electrons. The van der Waals surface area contributed by atoms with Crippen LogP contribution in [0.25, 0.3) is 0 Å². The van der Waals surface area contributed by atoms with Gasteiger partial charge in [0.15, 0.2) is 5.78 Å². The molecule has 0 N–H and O–H groups in total. The first-order chi connectivity index (χ1) is 11.8. The molecule has 5 rings (SSSR count). The fraction of sp³-hybridized carbons (Fsp3) is 0.591. The Labute approximate surface area is 144 Å². The van der Waals surface area contributed by atoms with E-state index >= 15 is 0 Å². The zero-order valence-corrected chi connectivity index (χ0v) is 14.4. The smallest absolute Gasteiger partial charge is 0.164 e. The minimum atomic E-state index is 0.150. The fourth-order valence-corrected chi connectivity index (χ4v) is 5.90. The van der Waals surface area contributed by atoms with E-state index in [1.807, 2.05) is 12.1 Å². The summed E-state index contributed by atoms with van der Waals surface area (Å²) in [6.07, 6.45) is 12.1. The molecular formula is C22H27NO. The molecule has 1 aromatic carbocycles. The Hall–Kier alpha value is -1.41. The van der Waals surface area contributed by atoms with Crippen molar-refractivity contribution in [3.63, 3.8) is 0 Å². The number of allylic oxidation sites excluding steroid dienone is 2. The second-order valence-corrected chi connectivity index (χ2v) is 8.57. The van der Waals surface area contributed by atoms with Crippen molar-refractivity contribution in [2.45, 2.75) is 43.9 Å². The molecule has 1 unspecified atom stereocenters. The summed E-state index contributed by atoms with van der Waals surface area (Å²) in [6.45, 7) is 3.61. The topological polar surface area (TPSA) is 20.3 Å². The summed E-state index contributed by atoms with van der Waals surface area (Å²) in [7, 11) is 0. The number of rotatable bonds is 2. The van der Waals surface area contributed by atoms with Gasteiger partial charge in [-0.3, -0.25) is 4.79 Å². The van der Waals surface area contributed by atoms with Gasteiger partial charge in [-0.25, -0.2) is 0 Å². The predicted molar refractivity (Wildman–Crippen MR) is 96.2 cm³/mol. The number of piperidine rings is 1. The summed E-state index contributed by atoms with van der Waals surface area (Å²) >= 11 is 0. The summed E-state index contributed by atoms with van der Waals surface area (Å²) in [5.41, 5.74) is 2.49. The van der Waals surface area contributed by atoms with E-state index in [0.29, 0.717) is 5.78 Å². The van der Waals surface area contributed by atoms with Crippen LogP contribution in [0.3, 0.4) is 0 Å². The van der Waals surface area contributed by atoms with Gasteiger partial charge in [-0.05, 0) is 68.5 Å². The summed E-state index contributed by atoms with van der Waals surface area (Å²) in [5, 5.41) is 0. The number of benzene rings is 1. The first kappa shape index (κ1) is 14.9. The Morgan fingerprint density at radius 2 is 2.00 bits per heavy atom. The largest absolute Gasteiger partial charge is 0.303 e. The average Bonchev–Trinajstić information content (AvgIpc) is 2.87. The van der Waals surface area contributed by atoms with E-state index in [0.717, 1.165) is 42.6 Å². The maximum atomic E-state index is 12.4. The van der Waals surface area contributed by atoms with Gasteiger partial charge in [0, 0.05) is 23.9 Å².